The van der Waals surface area contributed by atoms with Crippen LogP contribution in [0.5, 0.6) is 0 Å². The predicted molar refractivity (Wildman–Crippen MR) is 105 cm³/mol. The second kappa shape index (κ2) is 8.03. The predicted octanol–water partition coefficient (Wildman–Crippen LogP) is 4.33. The summed E-state index contributed by atoms with van der Waals surface area (Å²) in [4.78, 5) is 5.83. The number of guanidine groups is 1. The fourth-order valence-corrected chi connectivity index (χ4v) is 2.78. The smallest absolute Gasteiger partial charge is 0.253 e. The van der Waals surface area contributed by atoms with Gasteiger partial charge in [0.2, 0.25) is 0 Å². The first-order valence-electron chi connectivity index (χ1n) is 8.76. The van der Waals surface area contributed by atoms with E-state index in [0.717, 1.165) is 16.8 Å². The highest BCUT2D eigenvalue weighted by atomic mass is 19.1. The third kappa shape index (κ3) is 4.53. The fraction of sp³-hybridized carbons (Fsp3) is 0.238. The van der Waals surface area contributed by atoms with Gasteiger partial charge < -0.3 is 15.2 Å². The highest BCUT2D eigenvalue weighted by Crippen LogP contribution is 2.28. The molecule has 1 unspecified atom stereocenters. The van der Waals surface area contributed by atoms with Crippen molar-refractivity contribution >= 4 is 11.8 Å². The molecular weight excluding hydrogens is 343 g/mol. The molecule has 140 valence electrons. The van der Waals surface area contributed by atoms with Crippen LogP contribution in [0, 0.1) is 5.82 Å². The summed E-state index contributed by atoms with van der Waals surface area (Å²) in [5.74, 6) is 0.547. The summed E-state index contributed by atoms with van der Waals surface area (Å²) in [6.45, 7) is 2.03. The molecule has 1 aromatic heterocycles. The number of benzene rings is 2. The normalized spacial score (nSPS) is 12.8. The van der Waals surface area contributed by atoms with Crippen LogP contribution < -0.4 is 5.73 Å². The van der Waals surface area contributed by atoms with Crippen molar-refractivity contribution in [3.8, 4) is 11.1 Å². The molecule has 2 aromatic carbocycles. The van der Waals surface area contributed by atoms with Crippen LogP contribution in [0.4, 0.5) is 10.3 Å². The van der Waals surface area contributed by atoms with Gasteiger partial charge in [-0.3, -0.25) is 0 Å². The minimum atomic E-state index is -0.227. The van der Waals surface area contributed by atoms with Crippen LogP contribution >= 0.6 is 0 Å². The Morgan fingerprint density at radius 2 is 1.93 bits per heavy atom. The Kier molecular flexibility index (Phi) is 5.54. The van der Waals surface area contributed by atoms with Gasteiger partial charge in [0, 0.05) is 25.7 Å². The van der Waals surface area contributed by atoms with Gasteiger partial charge in [-0.1, -0.05) is 54.5 Å². The van der Waals surface area contributed by atoms with Crippen LogP contribution in [-0.4, -0.2) is 30.1 Å². The Bertz CT molecular complexity index is 934. The summed E-state index contributed by atoms with van der Waals surface area (Å²) in [6.07, 6.45) is 0.616. The monoisotopic (exact) mass is 366 g/mol. The molecule has 3 aromatic rings. The highest BCUT2D eigenvalue weighted by Gasteiger charge is 2.14. The third-order valence-electron chi connectivity index (χ3n) is 4.39. The lowest BCUT2D eigenvalue weighted by Gasteiger charge is -2.12. The van der Waals surface area contributed by atoms with Crippen molar-refractivity contribution in [1.82, 2.24) is 10.1 Å². The molecule has 0 saturated carbocycles. The van der Waals surface area contributed by atoms with E-state index in [2.05, 4.69) is 10.1 Å². The Labute approximate surface area is 158 Å². The van der Waals surface area contributed by atoms with Crippen molar-refractivity contribution in [1.29, 1.82) is 0 Å². The van der Waals surface area contributed by atoms with Gasteiger partial charge in [-0.25, -0.2) is 4.39 Å². The van der Waals surface area contributed by atoms with E-state index in [1.54, 1.807) is 31.1 Å². The van der Waals surface area contributed by atoms with Crippen molar-refractivity contribution in [2.75, 3.05) is 14.1 Å². The molecular formula is C21H23FN4O. The molecule has 3 rings (SSSR count). The van der Waals surface area contributed by atoms with E-state index in [0.29, 0.717) is 23.8 Å². The SMILES string of the molecule is CC(Cc1cc(N=C(N)N(C)C)on1)c1ccc(-c2ccccc2)c(F)c1. The highest BCUT2D eigenvalue weighted by molar-refractivity contribution is 5.79. The van der Waals surface area contributed by atoms with Crippen molar-refractivity contribution in [3.05, 3.63) is 71.7 Å². The van der Waals surface area contributed by atoms with Gasteiger partial charge in [0.15, 0.2) is 5.96 Å². The maximum absolute atomic E-state index is 14.6. The molecule has 0 aliphatic rings. The molecule has 2 N–H and O–H groups in total. The molecule has 0 spiro atoms. The van der Waals surface area contributed by atoms with Crippen molar-refractivity contribution in [2.45, 2.75) is 19.3 Å². The number of nitrogens with zero attached hydrogens (tertiary/aromatic N) is 3. The molecule has 1 atom stereocenters. The average Bonchev–Trinajstić information content (AvgIpc) is 3.09. The summed E-state index contributed by atoms with van der Waals surface area (Å²) in [6, 6.07) is 16.7. The largest absolute Gasteiger partial charge is 0.369 e. The van der Waals surface area contributed by atoms with E-state index in [1.807, 2.05) is 49.4 Å². The van der Waals surface area contributed by atoms with E-state index < -0.39 is 0 Å². The Balaban J connectivity index is 1.73. The van der Waals surface area contributed by atoms with Crippen LogP contribution in [0.2, 0.25) is 0 Å². The number of aliphatic imine (C=N–C) groups is 1. The third-order valence-corrected chi connectivity index (χ3v) is 4.39. The second-order valence-electron chi connectivity index (χ2n) is 6.73. The van der Waals surface area contributed by atoms with Gasteiger partial charge in [0.25, 0.3) is 5.88 Å². The number of nitrogens with two attached hydrogens (primary N) is 1. The average molecular weight is 366 g/mol. The lowest BCUT2D eigenvalue weighted by atomic mass is 9.94. The van der Waals surface area contributed by atoms with Crippen molar-refractivity contribution in [3.63, 3.8) is 0 Å². The van der Waals surface area contributed by atoms with Crippen LogP contribution in [0.3, 0.4) is 0 Å². The standard InChI is InChI=1S/C21H23FN4O/c1-14(11-17-13-20(27-25-17)24-21(23)26(2)3)16-9-10-18(19(22)12-16)15-7-5-4-6-8-15/h4-10,12-14H,11H2,1-3H3,(H2,23,24). The Morgan fingerprint density at radius 3 is 2.59 bits per heavy atom. The van der Waals surface area contributed by atoms with Crippen LogP contribution in [0.25, 0.3) is 11.1 Å². The minimum Gasteiger partial charge on any atom is -0.369 e. The number of rotatable bonds is 5. The first kappa shape index (κ1) is 18.6. The molecule has 6 heteroatoms. The number of aromatic nitrogens is 1. The molecule has 0 amide bonds. The van der Waals surface area contributed by atoms with E-state index in [1.165, 1.54) is 0 Å². The van der Waals surface area contributed by atoms with Crippen LogP contribution in [0.15, 0.2) is 64.1 Å². The first-order chi connectivity index (χ1) is 12.9. The molecule has 27 heavy (non-hydrogen) atoms. The van der Waals surface area contributed by atoms with Gasteiger partial charge in [-0.05, 0) is 29.5 Å². The maximum atomic E-state index is 14.6. The zero-order valence-corrected chi connectivity index (χ0v) is 15.7. The van der Waals surface area contributed by atoms with Gasteiger partial charge in [0.05, 0.1) is 5.69 Å². The summed E-state index contributed by atoms with van der Waals surface area (Å²) in [5, 5.41) is 4.03. The van der Waals surface area contributed by atoms with Crippen LogP contribution in [-0.2, 0) is 6.42 Å². The molecule has 1 heterocycles. The zero-order chi connectivity index (χ0) is 19.4. The molecule has 0 fully saturated rings. The van der Waals surface area contributed by atoms with Gasteiger partial charge in [-0.15, -0.1) is 0 Å². The van der Waals surface area contributed by atoms with Gasteiger partial charge >= 0.3 is 0 Å². The first-order valence-corrected chi connectivity index (χ1v) is 8.76. The molecule has 5 nitrogen and oxygen atoms in total. The van der Waals surface area contributed by atoms with Gasteiger partial charge in [0.1, 0.15) is 5.82 Å². The number of hydrogen-bond acceptors (Lipinski definition) is 3. The quantitative estimate of drug-likeness (QED) is 0.539. The lowest BCUT2D eigenvalue weighted by molar-refractivity contribution is 0.418. The van der Waals surface area contributed by atoms with E-state index >= 15 is 0 Å². The van der Waals surface area contributed by atoms with E-state index in [-0.39, 0.29) is 11.7 Å². The van der Waals surface area contributed by atoms with Crippen molar-refractivity contribution in [2.24, 2.45) is 10.7 Å². The van der Waals surface area contributed by atoms with E-state index in [9.17, 15) is 4.39 Å². The van der Waals surface area contributed by atoms with E-state index in [4.69, 9.17) is 10.3 Å². The summed E-state index contributed by atoms with van der Waals surface area (Å²) in [7, 11) is 3.59. The lowest BCUT2D eigenvalue weighted by Crippen LogP contribution is -2.29. The number of hydrogen-bond donors (Lipinski definition) is 1. The number of halogens is 1. The summed E-state index contributed by atoms with van der Waals surface area (Å²) in [5.41, 5.74) is 8.90. The topological polar surface area (TPSA) is 67.7 Å². The Hall–Kier alpha value is -3.15. The minimum absolute atomic E-state index is 0.0810. The molecule has 0 saturated heterocycles. The summed E-state index contributed by atoms with van der Waals surface area (Å²) < 4.78 is 19.8. The maximum Gasteiger partial charge on any atom is 0.253 e. The zero-order valence-electron chi connectivity index (χ0n) is 15.7. The van der Waals surface area contributed by atoms with Gasteiger partial charge in [-0.2, -0.15) is 4.99 Å². The summed E-state index contributed by atoms with van der Waals surface area (Å²) >= 11 is 0. The molecule has 0 bridgehead atoms. The Morgan fingerprint density at radius 1 is 1.19 bits per heavy atom. The second-order valence-corrected chi connectivity index (χ2v) is 6.73. The molecule has 0 radical (unpaired) electrons. The molecule has 0 aliphatic heterocycles. The van der Waals surface area contributed by atoms with Crippen molar-refractivity contribution < 1.29 is 8.91 Å². The van der Waals surface area contributed by atoms with Crippen LogP contribution in [0.1, 0.15) is 24.1 Å². The molecule has 0 aliphatic carbocycles. The fourth-order valence-electron chi connectivity index (χ4n) is 2.78.